The Morgan fingerprint density at radius 3 is 2.58 bits per heavy atom. The van der Waals surface area contributed by atoms with Gasteiger partial charge in [0.25, 0.3) is 0 Å². The molecule has 0 saturated carbocycles. The van der Waals surface area contributed by atoms with Crippen molar-refractivity contribution in [2.75, 3.05) is 6.54 Å². The van der Waals surface area contributed by atoms with Crippen LogP contribution < -0.4 is 4.72 Å². The minimum atomic E-state index is -3.45. The van der Waals surface area contributed by atoms with E-state index in [4.69, 9.17) is 0 Å². The summed E-state index contributed by atoms with van der Waals surface area (Å²) in [6.45, 7) is 0.329. The van der Waals surface area contributed by atoms with E-state index in [1.165, 1.54) is 0 Å². The topological polar surface area (TPSA) is 64.0 Å². The first-order chi connectivity index (χ1) is 8.97. The van der Waals surface area contributed by atoms with Crippen molar-refractivity contribution in [3.63, 3.8) is 0 Å². The summed E-state index contributed by atoms with van der Waals surface area (Å²) in [6.07, 6.45) is 4.13. The number of halogens is 1. The highest BCUT2D eigenvalue weighted by atomic mass is 79.9. The fourth-order valence-corrected chi connectivity index (χ4v) is 2.90. The van der Waals surface area contributed by atoms with Crippen LogP contribution in [0.4, 0.5) is 0 Å². The molecule has 5 nitrogen and oxygen atoms in total. The van der Waals surface area contributed by atoms with Crippen molar-refractivity contribution < 1.29 is 8.42 Å². The van der Waals surface area contributed by atoms with Crippen LogP contribution in [0.2, 0.25) is 0 Å². The zero-order valence-corrected chi connectivity index (χ0v) is 12.8. The number of rotatable bonds is 5. The largest absolute Gasteiger partial charge is 0.340 e. The Morgan fingerprint density at radius 1 is 1.32 bits per heavy atom. The van der Waals surface area contributed by atoms with Crippen LogP contribution in [-0.2, 0) is 23.5 Å². The lowest BCUT2D eigenvalue weighted by Gasteiger charge is -2.05. The second kappa shape index (κ2) is 5.85. The van der Waals surface area contributed by atoms with Gasteiger partial charge in [0.1, 0.15) is 0 Å². The average Bonchev–Trinajstić information content (AvgIpc) is 2.75. The number of hydrogen-bond donors (Lipinski definition) is 1. The van der Waals surface area contributed by atoms with Crippen molar-refractivity contribution in [2.24, 2.45) is 7.05 Å². The molecule has 0 unspecified atom stereocenters. The van der Waals surface area contributed by atoms with E-state index in [0.717, 1.165) is 10.2 Å². The van der Waals surface area contributed by atoms with Crippen molar-refractivity contribution in [1.82, 2.24) is 14.3 Å². The second-order valence-electron chi connectivity index (χ2n) is 4.13. The molecule has 0 amide bonds. The van der Waals surface area contributed by atoms with Crippen LogP contribution in [0.3, 0.4) is 0 Å². The maximum absolute atomic E-state index is 12.0. The molecule has 1 N–H and O–H groups in total. The first-order valence-electron chi connectivity index (χ1n) is 5.69. The Hall–Kier alpha value is -1.18. The molecule has 0 bridgehead atoms. The summed E-state index contributed by atoms with van der Waals surface area (Å²) in [5, 5.41) is 0. The summed E-state index contributed by atoms with van der Waals surface area (Å²) in [4.78, 5) is 4.40. The number of aromatic nitrogens is 2. The van der Waals surface area contributed by atoms with Crippen molar-refractivity contribution in [2.45, 2.75) is 11.3 Å². The highest BCUT2D eigenvalue weighted by Crippen LogP contribution is 2.14. The lowest BCUT2D eigenvalue weighted by molar-refractivity contribution is 0.581. The van der Waals surface area contributed by atoms with Crippen molar-refractivity contribution in [3.05, 3.63) is 47.0 Å². The number of hydrogen-bond acceptors (Lipinski definition) is 3. The lowest BCUT2D eigenvalue weighted by atomic mass is 10.3. The van der Waals surface area contributed by atoms with Gasteiger partial charge in [-0.3, -0.25) is 0 Å². The van der Waals surface area contributed by atoms with E-state index in [1.807, 2.05) is 17.8 Å². The maximum Gasteiger partial charge on any atom is 0.240 e. The molecule has 1 heterocycles. The molecule has 0 fully saturated rings. The van der Waals surface area contributed by atoms with Gasteiger partial charge >= 0.3 is 0 Å². The molecular formula is C12H14BrN3O2S. The smallest absolute Gasteiger partial charge is 0.240 e. The van der Waals surface area contributed by atoms with Crippen LogP contribution in [-0.4, -0.2) is 24.5 Å². The Labute approximate surface area is 120 Å². The number of benzene rings is 1. The van der Waals surface area contributed by atoms with E-state index in [0.29, 0.717) is 13.0 Å². The molecule has 1 aromatic heterocycles. The molecule has 7 heteroatoms. The van der Waals surface area contributed by atoms with Crippen molar-refractivity contribution >= 4 is 26.0 Å². The Balaban J connectivity index is 1.96. The Morgan fingerprint density at radius 2 is 2.00 bits per heavy atom. The molecule has 0 spiro atoms. The van der Waals surface area contributed by atoms with Gasteiger partial charge in [-0.25, -0.2) is 18.1 Å². The molecule has 0 atom stereocenters. The van der Waals surface area contributed by atoms with Crippen LogP contribution >= 0.6 is 15.9 Å². The normalized spacial score (nSPS) is 11.7. The monoisotopic (exact) mass is 343 g/mol. The molecule has 0 aliphatic carbocycles. The van der Waals surface area contributed by atoms with E-state index < -0.39 is 10.0 Å². The maximum atomic E-state index is 12.0. The molecule has 102 valence electrons. The van der Waals surface area contributed by atoms with Crippen LogP contribution in [0.25, 0.3) is 0 Å². The lowest BCUT2D eigenvalue weighted by Crippen LogP contribution is -2.26. The molecule has 2 aromatic rings. The third-order valence-corrected chi connectivity index (χ3v) is 4.56. The molecule has 0 radical (unpaired) electrons. The zero-order valence-electron chi connectivity index (χ0n) is 10.4. The van der Waals surface area contributed by atoms with Gasteiger partial charge in [-0.05, 0) is 24.3 Å². The van der Waals surface area contributed by atoms with E-state index in [1.54, 1.807) is 30.6 Å². The number of sulfonamides is 1. The van der Waals surface area contributed by atoms with Gasteiger partial charge in [0, 0.05) is 30.7 Å². The molecule has 1 aromatic carbocycles. The minimum Gasteiger partial charge on any atom is -0.340 e. The highest BCUT2D eigenvalue weighted by Gasteiger charge is 2.13. The fraction of sp³-hybridized carbons (Fsp3) is 0.250. The minimum absolute atomic E-state index is 0.261. The predicted octanol–water partition coefficient (Wildman–Crippen LogP) is 1.70. The third kappa shape index (κ3) is 3.89. The molecule has 19 heavy (non-hydrogen) atoms. The third-order valence-electron chi connectivity index (χ3n) is 2.56. The summed E-state index contributed by atoms with van der Waals surface area (Å²) in [5.41, 5.74) is 0.862. The highest BCUT2D eigenvalue weighted by molar-refractivity contribution is 9.10. The van der Waals surface area contributed by atoms with Crippen LogP contribution in [0.15, 0.2) is 46.2 Å². The van der Waals surface area contributed by atoms with E-state index in [2.05, 4.69) is 25.6 Å². The molecule has 0 aliphatic rings. The van der Waals surface area contributed by atoms with Gasteiger partial charge in [0.15, 0.2) is 0 Å². The van der Waals surface area contributed by atoms with E-state index in [-0.39, 0.29) is 4.90 Å². The summed E-state index contributed by atoms with van der Waals surface area (Å²) < 4.78 is 29.2. The van der Waals surface area contributed by atoms with E-state index >= 15 is 0 Å². The molecule has 0 aliphatic heterocycles. The quantitative estimate of drug-likeness (QED) is 0.898. The van der Waals surface area contributed by atoms with Crippen LogP contribution in [0.1, 0.15) is 5.69 Å². The van der Waals surface area contributed by atoms with Crippen LogP contribution in [0.5, 0.6) is 0 Å². The fourth-order valence-electron chi connectivity index (χ4n) is 1.61. The Bertz CT molecular complexity index is 650. The van der Waals surface area contributed by atoms with Crippen molar-refractivity contribution in [1.29, 1.82) is 0 Å². The number of aryl methyl sites for hydroxylation is 1. The van der Waals surface area contributed by atoms with Crippen molar-refractivity contribution in [3.8, 4) is 0 Å². The first kappa shape index (κ1) is 14.2. The van der Waals surface area contributed by atoms with Crippen LogP contribution in [0, 0.1) is 0 Å². The standard InChI is InChI=1S/C12H14BrN3O2S/c1-16-8-11(14-9-16)6-7-15-19(17,18)12-4-2-10(13)3-5-12/h2-5,8-9,15H,6-7H2,1H3. The Kier molecular flexibility index (Phi) is 4.38. The zero-order chi connectivity index (χ0) is 13.9. The second-order valence-corrected chi connectivity index (χ2v) is 6.81. The summed E-state index contributed by atoms with van der Waals surface area (Å²) in [5.74, 6) is 0. The molecule has 0 saturated heterocycles. The van der Waals surface area contributed by atoms with Gasteiger partial charge in [-0.1, -0.05) is 15.9 Å². The van der Waals surface area contributed by atoms with Gasteiger partial charge in [-0.15, -0.1) is 0 Å². The average molecular weight is 344 g/mol. The predicted molar refractivity (Wildman–Crippen MR) is 76.2 cm³/mol. The number of nitrogens with zero attached hydrogens (tertiary/aromatic N) is 2. The summed E-state index contributed by atoms with van der Waals surface area (Å²) in [7, 11) is -1.57. The van der Waals surface area contributed by atoms with Gasteiger partial charge in [0.05, 0.1) is 16.9 Å². The first-order valence-corrected chi connectivity index (χ1v) is 7.97. The molecule has 2 rings (SSSR count). The summed E-state index contributed by atoms with van der Waals surface area (Å²) in [6, 6.07) is 6.53. The number of nitrogens with one attached hydrogen (secondary N) is 1. The SMILES string of the molecule is Cn1cnc(CCNS(=O)(=O)c2ccc(Br)cc2)c1. The summed E-state index contributed by atoms with van der Waals surface area (Å²) >= 11 is 3.27. The van der Waals surface area contributed by atoms with Gasteiger partial charge in [0.2, 0.25) is 10.0 Å². The van der Waals surface area contributed by atoms with Gasteiger partial charge < -0.3 is 4.57 Å². The van der Waals surface area contributed by atoms with E-state index in [9.17, 15) is 8.42 Å². The molecular weight excluding hydrogens is 330 g/mol. The van der Waals surface area contributed by atoms with Gasteiger partial charge in [-0.2, -0.15) is 0 Å². The number of imidazole rings is 1.